The molecule has 1 atom stereocenters. The van der Waals surface area contributed by atoms with E-state index in [0.29, 0.717) is 58.2 Å². The van der Waals surface area contributed by atoms with Crippen LogP contribution in [0.4, 0.5) is 5.95 Å². The first-order valence-electron chi connectivity index (χ1n) is 10.4. The molecule has 0 unspecified atom stereocenters. The van der Waals surface area contributed by atoms with Crippen LogP contribution < -0.4 is 10.9 Å². The maximum absolute atomic E-state index is 13.3. The van der Waals surface area contributed by atoms with E-state index < -0.39 is 0 Å². The van der Waals surface area contributed by atoms with E-state index in [-0.39, 0.29) is 11.6 Å². The summed E-state index contributed by atoms with van der Waals surface area (Å²) in [5.41, 5.74) is 2.22. The minimum absolute atomic E-state index is 0.168. The molecule has 0 saturated carbocycles. The van der Waals surface area contributed by atoms with Crippen LogP contribution in [0.2, 0.25) is 5.02 Å². The highest BCUT2D eigenvalue weighted by molar-refractivity contribution is 6.33. The molecule has 9 nitrogen and oxygen atoms in total. The first kappa shape index (κ1) is 20.6. The van der Waals surface area contributed by atoms with Crippen molar-refractivity contribution in [1.82, 2.24) is 24.7 Å². The second-order valence-electron chi connectivity index (χ2n) is 7.62. The summed E-state index contributed by atoms with van der Waals surface area (Å²) in [7, 11) is 0. The van der Waals surface area contributed by atoms with Crippen molar-refractivity contribution in [3.63, 3.8) is 0 Å². The predicted octanol–water partition coefficient (Wildman–Crippen LogP) is 3.69. The van der Waals surface area contributed by atoms with Crippen LogP contribution in [0, 0.1) is 6.92 Å². The summed E-state index contributed by atoms with van der Waals surface area (Å²) in [5.74, 6) is 1.40. The second-order valence-corrected chi connectivity index (χ2v) is 8.02. The lowest BCUT2D eigenvalue weighted by Gasteiger charge is -2.14. The Bertz CT molecular complexity index is 1360. The minimum Gasteiger partial charge on any atom is -0.379 e. The Kier molecular flexibility index (Phi) is 5.36. The Hall–Kier alpha value is -3.30. The Morgan fingerprint density at radius 1 is 1.25 bits per heavy atom. The van der Waals surface area contributed by atoms with Crippen molar-refractivity contribution in [1.29, 1.82) is 0 Å². The number of benzene rings is 1. The molecule has 1 fully saturated rings. The number of rotatable bonds is 5. The van der Waals surface area contributed by atoms with E-state index in [4.69, 9.17) is 20.9 Å². The summed E-state index contributed by atoms with van der Waals surface area (Å²) in [6.45, 7) is 5.44. The predicted molar refractivity (Wildman–Crippen MR) is 121 cm³/mol. The number of ether oxygens (including phenoxy) is 1. The van der Waals surface area contributed by atoms with Gasteiger partial charge in [-0.25, -0.2) is 4.98 Å². The number of anilines is 1. The van der Waals surface area contributed by atoms with Crippen LogP contribution in [0.5, 0.6) is 0 Å². The number of nitrogens with one attached hydrogen (secondary N) is 1. The summed E-state index contributed by atoms with van der Waals surface area (Å²) in [6.07, 6.45) is 2.62. The van der Waals surface area contributed by atoms with E-state index in [2.05, 4.69) is 25.4 Å². The van der Waals surface area contributed by atoms with Gasteiger partial charge in [0.15, 0.2) is 0 Å². The van der Waals surface area contributed by atoms with Gasteiger partial charge in [-0.05, 0) is 25.5 Å². The van der Waals surface area contributed by atoms with Gasteiger partial charge in [-0.15, -0.1) is 0 Å². The Labute approximate surface area is 188 Å². The molecular weight excluding hydrogens is 432 g/mol. The second kappa shape index (κ2) is 8.33. The van der Waals surface area contributed by atoms with E-state index in [1.54, 1.807) is 35.9 Å². The molecule has 3 aromatic heterocycles. The highest BCUT2D eigenvalue weighted by atomic mass is 35.5. The van der Waals surface area contributed by atoms with Gasteiger partial charge in [-0.2, -0.15) is 9.97 Å². The molecule has 0 radical (unpaired) electrons. The van der Waals surface area contributed by atoms with E-state index in [9.17, 15) is 4.79 Å². The van der Waals surface area contributed by atoms with E-state index in [0.717, 1.165) is 18.4 Å². The van der Waals surface area contributed by atoms with Gasteiger partial charge in [0.1, 0.15) is 5.65 Å². The number of nitrogens with zero attached hydrogens (tertiary/aromatic N) is 5. The third kappa shape index (κ3) is 3.74. The van der Waals surface area contributed by atoms with E-state index in [1.165, 1.54) is 0 Å². The molecule has 1 aliphatic rings. The van der Waals surface area contributed by atoms with Gasteiger partial charge in [0.25, 0.3) is 5.56 Å². The maximum atomic E-state index is 13.3. The molecule has 164 valence electrons. The SMILES string of the molecule is CCn1c(=O)c(-c2ccc(-c3noc(C)n3)cc2Cl)cc2cnc(N[C@@H]3CCOC3)nc21. The van der Waals surface area contributed by atoms with E-state index in [1.807, 2.05) is 13.0 Å². The number of aryl methyl sites for hydroxylation is 2. The van der Waals surface area contributed by atoms with Crippen LogP contribution in [0.3, 0.4) is 0 Å². The highest BCUT2D eigenvalue weighted by Crippen LogP contribution is 2.31. The van der Waals surface area contributed by atoms with Crippen LogP contribution in [0.25, 0.3) is 33.5 Å². The molecule has 1 aromatic carbocycles. The van der Waals surface area contributed by atoms with E-state index >= 15 is 0 Å². The first-order valence-corrected chi connectivity index (χ1v) is 10.8. The van der Waals surface area contributed by atoms with Crippen molar-refractivity contribution < 1.29 is 9.26 Å². The molecule has 1 saturated heterocycles. The molecule has 4 heterocycles. The Morgan fingerprint density at radius 3 is 2.81 bits per heavy atom. The molecule has 10 heteroatoms. The summed E-state index contributed by atoms with van der Waals surface area (Å²) < 4.78 is 12.1. The maximum Gasteiger partial charge on any atom is 0.260 e. The molecule has 32 heavy (non-hydrogen) atoms. The van der Waals surface area contributed by atoms with Gasteiger partial charge in [0.2, 0.25) is 17.7 Å². The summed E-state index contributed by atoms with van der Waals surface area (Å²) in [4.78, 5) is 26.6. The van der Waals surface area contributed by atoms with Gasteiger partial charge >= 0.3 is 0 Å². The fourth-order valence-electron chi connectivity index (χ4n) is 3.83. The largest absolute Gasteiger partial charge is 0.379 e. The molecule has 0 amide bonds. The third-order valence-electron chi connectivity index (χ3n) is 5.45. The zero-order valence-electron chi connectivity index (χ0n) is 17.6. The van der Waals surface area contributed by atoms with Crippen molar-refractivity contribution in [2.75, 3.05) is 18.5 Å². The zero-order chi connectivity index (χ0) is 22.2. The highest BCUT2D eigenvalue weighted by Gasteiger charge is 2.19. The lowest BCUT2D eigenvalue weighted by Crippen LogP contribution is -2.24. The summed E-state index contributed by atoms with van der Waals surface area (Å²) in [6, 6.07) is 7.30. The van der Waals surface area contributed by atoms with Crippen LogP contribution >= 0.6 is 11.6 Å². The number of halogens is 1. The molecule has 0 aliphatic carbocycles. The van der Waals surface area contributed by atoms with Crippen molar-refractivity contribution in [3.05, 3.63) is 51.7 Å². The molecule has 0 spiro atoms. The van der Waals surface area contributed by atoms with Gasteiger partial charge in [0, 0.05) is 53.4 Å². The van der Waals surface area contributed by atoms with Gasteiger partial charge in [-0.3, -0.25) is 9.36 Å². The molecular formula is C22H21ClN6O3. The Balaban J connectivity index is 1.57. The molecule has 0 bridgehead atoms. The quantitative estimate of drug-likeness (QED) is 0.488. The van der Waals surface area contributed by atoms with Crippen LogP contribution in [-0.2, 0) is 11.3 Å². The van der Waals surface area contributed by atoms with Crippen LogP contribution in [0.15, 0.2) is 39.8 Å². The number of aromatic nitrogens is 5. The van der Waals surface area contributed by atoms with Gasteiger partial charge in [-0.1, -0.05) is 28.9 Å². The van der Waals surface area contributed by atoms with Gasteiger partial charge < -0.3 is 14.6 Å². The number of fused-ring (bicyclic) bond motifs is 1. The fraction of sp³-hybridized carbons (Fsp3) is 0.318. The smallest absolute Gasteiger partial charge is 0.260 e. The number of hydrogen-bond donors (Lipinski definition) is 1. The molecule has 4 aromatic rings. The van der Waals surface area contributed by atoms with Crippen molar-refractivity contribution in [2.45, 2.75) is 32.9 Å². The lowest BCUT2D eigenvalue weighted by molar-refractivity contribution is 0.195. The lowest BCUT2D eigenvalue weighted by atomic mass is 10.0. The normalized spacial score (nSPS) is 16.0. The summed E-state index contributed by atoms with van der Waals surface area (Å²) >= 11 is 6.57. The Morgan fingerprint density at radius 2 is 2.12 bits per heavy atom. The first-order chi connectivity index (χ1) is 15.5. The summed E-state index contributed by atoms with van der Waals surface area (Å²) in [5, 5.41) is 8.37. The monoisotopic (exact) mass is 452 g/mol. The van der Waals surface area contributed by atoms with Crippen LogP contribution in [-0.4, -0.2) is 43.9 Å². The van der Waals surface area contributed by atoms with Crippen molar-refractivity contribution in [2.24, 2.45) is 0 Å². The van der Waals surface area contributed by atoms with Gasteiger partial charge in [0.05, 0.1) is 12.6 Å². The zero-order valence-corrected chi connectivity index (χ0v) is 18.4. The fourth-order valence-corrected chi connectivity index (χ4v) is 4.12. The number of hydrogen-bond acceptors (Lipinski definition) is 8. The molecule has 1 aliphatic heterocycles. The minimum atomic E-state index is -0.168. The number of pyridine rings is 1. The average molecular weight is 453 g/mol. The molecule has 5 rings (SSSR count). The topological polar surface area (TPSA) is 108 Å². The average Bonchev–Trinajstić information content (AvgIpc) is 3.45. The van der Waals surface area contributed by atoms with Crippen LogP contribution in [0.1, 0.15) is 19.2 Å². The standard InChI is InChI=1S/C22H21ClN6O3/c1-3-29-20-14(10-24-22(27-20)26-15-6-7-31-11-15)8-17(21(29)30)16-5-4-13(9-18(16)23)19-25-12(2)32-28-19/h4-5,8-10,15H,3,6-7,11H2,1-2H3,(H,24,26,27)/t15-/m1/s1. The molecule has 1 N–H and O–H groups in total. The van der Waals surface area contributed by atoms with Crippen molar-refractivity contribution in [3.8, 4) is 22.5 Å². The third-order valence-corrected chi connectivity index (χ3v) is 5.76. The van der Waals surface area contributed by atoms with Crippen molar-refractivity contribution >= 4 is 28.6 Å².